The molecule has 19 nitrogen and oxygen atoms in total. The van der Waals surface area contributed by atoms with E-state index in [-0.39, 0.29) is 77.5 Å². The van der Waals surface area contributed by atoms with Crippen LogP contribution < -0.4 is 26.2 Å². The van der Waals surface area contributed by atoms with Gasteiger partial charge in [-0.3, -0.25) is 43.8 Å². The summed E-state index contributed by atoms with van der Waals surface area (Å²) in [4.78, 5) is 115. The lowest BCUT2D eigenvalue weighted by Gasteiger charge is -2.48. The summed E-state index contributed by atoms with van der Waals surface area (Å²) in [6.45, 7) is 15.2. The van der Waals surface area contributed by atoms with Gasteiger partial charge in [-0.25, -0.2) is 14.4 Å². The number of aryl methyl sites for hydroxylation is 1. The molecule has 2 aliphatic carbocycles. The average Bonchev–Trinajstić information content (AvgIpc) is 1.60. The number of benzene rings is 3. The topological polar surface area (TPSA) is 215 Å². The number of hydrogen-bond donors (Lipinski definition) is 4. The molecule has 6 fully saturated rings. The van der Waals surface area contributed by atoms with Gasteiger partial charge in [0.25, 0.3) is 17.7 Å². The summed E-state index contributed by atoms with van der Waals surface area (Å²) in [5.74, 6) is -1.85. The Morgan fingerprint density at radius 1 is 0.814 bits per heavy atom. The van der Waals surface area contributed by atoms with Crippen LogP contribution in [0.2, 0.25) is 0 Å². The molecule has 86 heavy (non-hydrogen) atoms. The lowest BCUT2D eigenvalue weighted by atomic mass is 9.73. The zero-order valence-corrected chi connectivity index (χ0v) is 50.1. The van der Waals surface area contributed by atoms with Crippen LogP contribution in [-0.4, -0.2) is 152 Å². The largest absolute Gasteiger partial charge is 0.382 e. The summed E-state index contributed by atoms with van der Waals surface area (Å²) in [5, 5.41) is 12.1. The number of rotatable bonds is 14. The van der Waals surface area contributed by atoms with E-state index in [9.17, 15) is 28.8 Å². The van der Waals surface area contributed by atoms with Gasteiger partial charge in [0.05, 0.1) is 45.7 Å². The number of carbonyl (C=O) groups is 7. The van der Waals surface area contributed by atoms with Crippen molar-refractivity contribution in [2.75, 3.05) is 61.3 Å². The first-order valence-corrected chi connectivity index (χ1v) is 31.5. The molecule has 13 rings (SSSR count). The highest BCUT2D eigenvalue weighted by molar-refractivity contribution is 6.25. The van der Waals surface area contributed by atoms with Crippen LogP contribution in [0.1, 0.15) is 166 Å². The molecule has 7 amide bonds. The van der Waals surface area contributed by atoms with Crippen molar-refractivity contribution >= 4 is 75.3 Å². The minimum Gasteiger partial charge on any atom is -0.382 e. The number of halogens is 1. The van der Waals surface area contributed by atoms with Gasteiger partial charge in [-0.2, -0.15) is 0 Å². The van der Waals surface area contributed by atoms with Crippen molar-refractivity contribution in [2.45, 2.75) is 166 Å². The summed E-state index contributed by atoms with van der Waals surface area (Å²) >= 11 is 0. The molecule has 8 heterocycles. The van der Waals surface area contributed by atoms with Crippen molar-refractivity contribution < 1.29 is 38.0 Å². The number of aromatic nitrogens is 3. The molecule has 0 radical (unpaired) electrons. The monoisotopic (exact) mass is 1170 g/mol. The first-order chi connectivity index (χ1) is 41.4. The maximum atomic E-state index is 16.0. The maximum Gasteiger partial charge on any atom is 0.264 e. The normalized spacial score (nSPS) is 25.1. The number of fused-ring (bicyclic) bond motifs is 4. The zero-order chi connectivity index (χ0) is 59.9. The fraction of sp³-hybridized carbons (Fsp3) is 0.530. The number of anilines is 4. The molecule has 4 N–H and O–H groups in total. The van der Waals surface area contributed by atoms with Crippen LogP contribution in [0.15, 0.2) is 60.9 Å². The zero-order valence-electron chi connectivity index (χ0n) is 50.1. The fourth-order valence-electron chi connectivity index (χ4n) is 15.4. The predicted octanol–water partition coefficient (Wildman–Crippen LogP) is 8.63. The summed E-state index contributed by atoms with van der Waals surface area (Å²) in [7, 11) is 0. The van der Waals surface area contributed by atoms with Crippen LogP contribution in [0.5, 0.6) is 0 Å². The number of amides is 7. The minimum absolute atomic E-state index is 0.0124. The number of imidazole rings is 1. The highest BCUT2D eigenvalue weighted by atomic mass is 19.1. The van der Waals surface area contributed by atoms with Crippen LogP contribution in [-0.2, 0) is 24.6 Å². The minimum atomic E-state index is -1.02. The molecular formula is C66H79FN12O7. The van der Waals surface area contributed by atoms with Crippen LogP contribution in [0.25, 0.3) is 22.3 Å². The second-order valence-electron chi connectivity index (χ2n) is 26.3. The smallest absolute Gasteiger partial charge is 0.264 e. The number of pyridine rings is 1. The van der Waals surface area contributed by atoms with Gasteiger partial charge in [0.2, 0.25) is 23.6 Å². The Morgan fingerprint density at radius 2 is 1.58 bits per heavy atom. The van der Waals surface area contributed by atoms with Crippen LogP contribution in [0.4, 0.5) is 27.3 Å². The van der Waals surface area contributed by atoms with Gasteiger partial charge < -0.3 is 40.1 Å². The predicted molar refractivity (Wildman–Crippen MR) is 325 cm³/mol. The lowest BCUT2D eigenvalue weighted by molar-refractivity contribution is -0.139. The fourth-order valence-corrected chi connectivity index (χ4v) is 15.4. The Morgan fingerprint density at radius 3 is 2.31 bits per heavy atom. The Hall–Kier alpha value is -7.58. The molecule has 8 aliphatic rings. The quantitative estimate of drug-likeness (QED) is 0.0768. The number of piperidine rings is 3. The molecule has 4 saturated heterocycles. The molecule has 0 bridgehead atoms. The number of carbonyl (C=O) groups excluding carboxylic acids is 7. The molecule has 20 heteroatoms. The first kappa shape index (κ1) is 57.5. The Labute approximate surface area is 501 Å². The third-order valence-corrected chi connectivity index (χ3v) is 20.1. The van der Waals surface area contributed by atoms with Gasteiger partial charge in [-0.05, 0) is 185 Å². The van der Waals surface area contributed by atoms with Gasteiger partial charge in [-0.1, -0.05) is 24.6 Å². The third-order valence-electron chi connectivity index (χ3n) is 20.1. The van der Waals surface area contributed by atoms with E-state index in [4.69, 9.17) is 9.97 Å². The van der Waals surface area contributed by atoms with E-state index < -0.39 is 40.9 Å². The van der Waals surface area contributed by atoms with E-state index in [2.05, 4.69) is 61.9 Å². The second-order valence-corrected chi connectivity index (χ2v) is 26.3. The molecule has 452 valence electrons. The van der Waals surface area contributed by atoms with Crippen LogP contribution in [0, 0.1) is 24.6 Å². The van der Waals surface area contributed by atoms with Crippen molar-refractivity contribution in [3.63, 3.8) is 0 Å². The molecule has 5 aromatic rings. The number of nitrogens with zero attached hydrogens (tertiary/aromatic N) is 8. The first-order valence-electron chi connectivity index (χ1n) is 31.5. The Kier molecular flexibility index (Phi) is 15.3. The van der Waals surface area contributed by atoms with E-state index >= 15 is 9.18 Å². The van der Waals surface area contributed by atoms with Crippen LogP contribution in [0.3, 0.4) is 0 Å². The van der Waals surface area contributed by atoms with Crippen LogP contribution >= 0.6 is 0 Å². The molecular weight excluding hydrogens is 1090 g/mol. The standard InChI is InChI=1S/C66H79FN12O7/c1-37(2)69-60(81)47-32-52(49(67)28-39(47)5)72-59-58-53(68-36-77(58)38(3)4)33-51(71-59)41-14-17-48-55(29-41)78(45-30-44(31-45)75-23-7-6-8-24-75)65(86)66(48)21-26-76(27-22-66)62(83)42-20-25-74(35-42)34-40-12-15-43(16-13-40)70-50-11-9-10-46-57(50)64(85)79(63(46)84)54-18-19-56(80)73-61(54)82/h9-11,14,17,28-29,32-33,36-38,40,42-45,54,70H,6-8,12-13,15-16,18-27,30-31,34-35H2,1-5H3,(H,69,81)(H,71,72)(H,73,80,82)/t40?,42-,43?,44?,45?,54?/m1/s1. The number of likely N-dealkylation sites (tertiary alicyclic amines) is 3. The highest BCUT2D eigenvalue weighted by Gasteiger charge is 2.56. The van der Waals surface area contributed by atoms with Crippen molar-refractivity contribution in [2.24, 2.45) is 11.8 Å². The molecule has 2 saturated carbocycles. The van der Waals surface area contributed by atoms with Crippen molar-refractivity contribution in [3.05, 3.63) is 94.6 Å². The summed E-state index contributed by atoms with van der Waals surface area (Å²) in [5.41, 5.74) is 6.02. The van der Waals surface area contributed by atoms with E-state index in [0.717, 1.165) is 92.8 Å². The highest BCUT2D eigenvalue weighted by Crippen LogP contribution is 2.53. The summed E-state index contributed by atoms with van der Waals surface area (Å²) < 4.78 is 18.0. The number of nitrogens with one attached hydrogen (secondary N) is 4. The van der Waals surface area contributed by atoms with Gasteiger partial charge in [-0.15, -0.1) is 0 Å². The molecule has 1 unspecified atom stereocenters. The van der Waals surface area contributed by atoms with E-state index in [1.165, 1.54) is 25.3 Å². The van der Waals surface area contributed by atoms with Gasteiger partial charge in [0.1, 0.15) is 17.4 Å². The average molecular weight is 1170 g/mol. The van der Waals surface area contributed by atoms with Crippen molar-refractivity contribution in [3.8, 4) is 11.3 Å². The van der Waals surface area contributed by atoms with Gasteiger partial charge >= 0.3 is 0 Å². The van der Waals surface area contributed by atoms with Gasteiger partial charge in [0.15, 0.2) is 5.82 Å². The molecule has 2 atom stereocenters. The van der Waals surface area contributed by atoms with Crippen molar-refractivity contribution in [1.29, 1.82) is 0 Å². The lowest BCUT2D eigenvalue weighted by Crippen LogP contribution is -2.58. The van der Waals surface area contributed by atoms with Crippen molar-refractivity contribution in [1.82, 2.24) is 44.8 Å². The second kappa shape index (κ2) is 22.9. The molecule has 6 aliphatic heterocycles. The maximum absolute atomic E-state index is 16.0. The summed E-state index contributed by atoms with van der Waals surface area (Å²) in [6, 6.07) is 15.8. The Bertz CT molecular complexity index is 3570. The summed E-state index contributed by atoms with van der Waals surface area (Å²) in [6.07, 6.45) is 13.0. The number of hydrogen-bond acceptors (Lipinski definition) is 13. The molecule has 3 aromatic carbocycles. The SMILES string of the molecule is Cc1cc(F)c(Nc2nc(-c3ccc4c(c3)N(C3CC(N5CCCCC5)C3)C(=O)C43CCN(C(=O)[C@@H]4CCN(CC5CCC(Nc6cccc7c6C(=O)N(C6CCC(=O)NC6=O)C7=O)CC5)C4)CC3)cc3ncn(C(C)C)c23)cc1C(=O)NC(C)C. The molecule has 1 spiro atoms. The van der Waals surface area contributed by atoms with E-state index in [1.807, 2.05) is 41.5 Å². The number of imide groups is 2. The van der Waals surface area contributed by atoms with E-state index in [0.29, 0.717) is 83.8 Å². The van der Waals surface area contributed by atoms with Gasteiger partial charge in [0, 0.05) is 85.3 Å². The Balaban J connectivity index is 0.684. The molecule has 2 aromatic heterocycles. The van der Waals surface area contributed by atoms with E-state index in [1.54, 1.807) is 31.5 Å². The third kappa shape index (κ3) is 10.4.